The molecular weight excluding hydrogens is 253 g/mol. The fraction of sp³-hybridized carbons (Fsp3) is 0.308. The second-order valence-corrected chi connectivity index (χ2v) is 5.02. The van der Waals surface area contributed by atoms with Gasteiger partial charge >= 0.3 is 0 Å². The van der Waals surface area contributed by atoms with Crippen molar-refractivity contribution in [3.05, 3.63) is 41.0 Å². The van der Waals surface area contributed by atoms with Gasteiger partial charge in [0.15, 0.2) is 0 Å². The largest absolute Gasteiger partial charge is 0.436 e. The van der Waals surface area contributed by atoms with Crippen LogP contribution in [0.3, 0.4) is 0 Å². The molecule has 96 valence electrons. The van der Waals surface area contributed by atoms with Crippen LogP contribution in [0.4, 0.5) is 4.39 Å². The maximum absolute atomic E-state index is 13.8. The first-order valence-electron chi connectivity index (χ1n) is 5.57. The molecule has 1 N–H and O–H groups in total. The first kappa shape index (κ1) is 13.1. The summed E-state index contributed by atoms with van der Waals surface area (Å²) in [5, 5.41) is 10.0. The van der Waals surface area contributed by atoms with Crippen molar-refractivity contribution in [3.8, 4) is 0 Å². The second-order valence-electron chi connectivity index (χ2n) is 4.06. The molecule has 0 saturated heterocycles. The molecule has 2 rings (SSSR count). The molecule has 2 aromatic rings. The van der Waals surface area contributed by atoms with Crippen LogP contribution >= 0.6 is 11.8 Å². The molecule has 0 aliphatic heterocycles. The Morgan fingerprint density at radius 1 is 1.39 bits per heavy atom. The predicted molar refractivity (Wildman–Crippen MR) is 67.1 cm³/mol. The van der Waals surface area contributed by atoms with Crippen molar-refractivity contribution < 1.29 is 13.9 Å². The molecule has 0 fully saturated rings. The number of hydrogen-bond donors (Lipinski definition) is 1. The molecule has 5 heteroatoms. The lowest BCUT2D eigenvalue weighted by molar-refractivity contribution is 0.195. The average molecular weight is 267 g/mol. The monoisotopic (exact) mass is 267 g/mol. The van der Waals surface area contributed by atoms with Crippen LogP contribution in [0.5, 0.6) is 0 Å². The standard InChI is InChI=1S/C13H14FNO2S/c1-7-9(3)17-13(15-7)18-12-10(8(2)16)5-4-6-11(12)14/h4-6,8,16H,1-3H3/t8-/m0/s1. The first-order chi connectivity index (χ1) is 8.49. The number of aryl methyl sites for hydroxylation is 2. The Morgan fingerprint density at radius 2 is 2.11 bits per heavy atom. The number of hydrogen-bond acceptors (Lipinski definition) is 4. The van der Waals surface area contributed by atoms with Gasteiger partial charge in [-0.05, 0) is 44.2 Å². The van der Waals surface area contributed by atoms with Crippen LogP contribution in [0.1, 0.15) is 30.0 Å². The van der Waals surface area contributed by atoms with E-state index in [-0.39, 0.29) is 5.82 Å². The quantitative estimate of drug-likeness (QED) is 0.922. The highest BCUT2D eigenvalue weighted by Crippen LogP contribution is 2.35. The number of aliphatic hydroxyl groups excluding tert-OH is 1. The molecule has 3 nitrogen and oxygen atoms in total. The van der Waals surface area contributed by atoms with Crippen LogP contribution < -0.4 is 0 Å². The number of rotatable bonds is 3. The van der Waals surface area contributed by atoms with E-state index < -0.39 is 6.10 Å². The number of benzene rings is 1. The Bertz CT molecular complexity index is 547. The van der Waals surface area contributed by atoms with Crippen molar-refractivity contribution >= 4 is 11.8 Å². The van der Waals surface area contributed by atoms with Gasteiger partial charge in [-0.3, -0.25) is 0 Å². The third-order valence-corrected chi connectivity index (χ3v) is 3.63. The Labute approximate surface area is 109 Å². The molecule has 0 radical (unpaired) electrons. The average Bonchev–Trinajstić information content (AvgIpc) is 2.60. The van der Waals surface area contributed by atoms with Gasteiger partial charge in [-0.1, -0.05) is 12.1 Å². The third kappa shape index (κ3) is 2.57. The van der Waals surface area contributed by atoms with Crippen molar-refractivity contribution in [2.24, 2.45) is 0 Å². The summed E-state index contributed by atoms with van der Waals surface area (Å²) in [7, 11) is 0. The summed E-state index contributed by atoms with van der Waals surface area (Å²) in [6, 6.07) is 4.63. The summed E-state index contributed by atoms with van der Waals surface area (Å²) in [5.41, 5.74) is 1.32. The number of aromatic nitrogens is 1. The number of aliphatic hydroxyl groups is 1. The summed E-state index contributed by atoms with van der Waals surface area (Å²) in [6.07, 6.45) is -0.736. The van der Waals surface area contributed by atoms with Crippen LogP contribution in [-0.4, -0.2) is 10.1 Å². The van der Waals surface area contributed by atoms with Gasteiger partial charge in [0.2, 0.25) is 0 Å². The summed E-state index contributed by atoms with van der Waals surface area (Å²) >= 11 is 1.09. The topological polar surface area (TPSA) is 46.3 Å². The first-order valence-corrected chi connectivity index (χ1v) is 6.39. The maximum Gasteiger partial charge on any atom is 0.261 e. The summed E-state index contributed by atoms with van der Waals surface area (Å²) in [5.74, 6) is 0.333. The maximum atomic E-state index is 13.8. The van der Waals surface area contributed by atoms with E-state index >= 15 is 0 Å². The lowest BCUT2D eigenvalue weighted by atomic mass is 10.1. The van der Waals surface area contributed by atoms with E-state index in [9.17, 15) is 9.50 Å². The van der Waals surface area contributed by atoms with Crippen molar-refractivity contribution in [1.29, 1.82) is 0 Å². The van der Waals surface area contributed by atoms with Gasteiger partial charge in [0.05, 0.1) is 16.7 Å². The summed E-state index contributed by atoms with van der Waals surface area (Å²) in [4.78, 5) is 4.55. The van der Waals surface area contributed by atoms with Gasteiger partial charge in [-0.25, -0.2) is 9.37 Å². The molecule has 0 amide bonds. The van der Waals surface area contributed by atoms with Crippen LogP contribution in [0, 0.1) is 19.7 Å². The lowest BCUT2D eigenvalue weighted by Gasteiger charge is -2.10. The third-order valence-electron chi connectivity index (χ3n) is 2.65. The van der Waals surface area contributed by atoms with E-state index in [1.807, 2.05) is 13.8 Å². The van der Waals surface area contributed by atoms with E-state index in [4.69, 9.17) is 4.42 Å². The minimum absolute atomic E-state index is 0.355. The molecular formula is C13H14FNO2S. The predicted octanol–water partition coefficient (Wildman–Crippen LogP) is 3.64. The number of oxazole rings is 1. The minimum atomic E-state index is -0.736. The highest BCUT2D eigenvalue weighted by atomic mass is 32.2. The zero-order valence-electron chi connectivity index (χ0n) is 10.4. The molecule has 18 heavy (non-hydrogen) atoms. The van der Waals surface area contributed by atoms with E-state index in [1.165, 1.54) is 6.07 Å². The lowest BCUT2D eigenvalue weighted by Crippen LogP contribution is -1.96. The zero-order valence-corrected chi connectivity index (χ0v) is 11.2. The molecule has 1 atom stereocenters. The van der Waals surface area contributed by atoms with Gasteiger partial charge in [0.1, 0.15) is 11.6 Å². The summed E-state index contributed by atoms with van der Waals surface area (Å²) < 4.78 is 19.2. The fourth-order valence-corrected chi connectivity index (χ4v) is 2.58. The van der Waals surface area contributed by atoms with Gasteiger partial charge < -0.3 is 9.52 Å². The van der Waals surface area contributed by atoms with Gasteiger partial charge in [-0.2, -0.15) is 0 Å². The highest BCUT2D eigenvalue weighted by Gasteiger charge is 2.16. The SMILES string of the molecule is Cc1nc(Sc2c(F)cccc2[C@H](C)O)oc1C. The molecule has 0 bridgehead atoms. The van der Waals surface area contributed by atoms with Gasteiger partial charge in [-0.15, -0.1) is 0 Å². The zero-order chi connectivity index (χ0) is 13.3. The van der Waals surface area contributed by atoms with Crippen LogP contribution in [0.15, 0.2) is 32.7 Å². The van der Waals surface area contributed by atoms with Gasteiger partial charge in [0.25, 0.3) is 5.22 Å². The van der Waals surface area contributed by atoms with E-state index in [2.05, 4.69) is 4.98 Å². The normalized spacial score (nSPS) is 12.7. The number of halogens is 1. The minimum Gasteiger partial charge on any atom is -0.436 e. The van der Waals surface area contributed by atoms with Crippen LogP contribution in [-0.2, 0) is 0 Å². The summed E-state index contributed by atoms with van der Waals surface area (Å²) in [6.45, 7) is 5.24. The molecule has 0 saturated carbocycles. The Morgan fingerprint density at radius 3 is 2.67 bits per heavy atom. The van der Waals surface area contributed by atoms with E-state index in [0.29, 0.717) is 21.4 Å². The number of nitrogens with zero attached hydrogens (tertiary/aromatic N) is 1. The highest BCUT2D eigenvalue weighted by molar-refractivity contribution is 7.99. The smallest absolute Gasteiger partial charge is 0.261 e. The Balaban J connectivity index is 2.39. The van der Waals surface area contributed by atoms with Gasteiger partial charge in [0, 0.05) is 0 Å². The molecule has 0 spiro atoms. The molecule has 0 unspecified atom stereocenters. The molecule has 1 aromatic heterocycles. The van der Waals surface area contributed by atoms with Crippen molar-refractivity contribution in [3.63, 3.8) is 0 Å². The van der Waals surface area contributed by atoms with E-state index in [1.54, 1.807) is 19.1 Å². The van der Waals surface area contributed by atoms with Crippen molar-refractivity contribution in [1.82, 2.24) is 4.98 Å². The van der Waals surface area contributed by atoms with Crippen molar-refractivity contribution in [2.75, 3.05) is 0 Å². The fourth-order valence-electron chi connectivity index (χ4n) is 1.54. The Hall–Kier alpha value is -1.33. The van der Waals surface area contributed by atoms with Crippen LogP contribution in [0.2, 0.25) is 0 Å². The molecule has 0 aliphatic rings. The van der Waals surface area contributed by atoms with Crippen molar-refractivity contribution in [2.45, 2.75) is 37.0 Å². The van der Waals surface area contributed by atoms with E-state index in [0.717, 1.165) is 17.5 Å². The Kier molecular flexibility index (Phi) is 3.73. The molecule has 1 heterocycles. The van der Waals surface area contributed by atoms with Crippen LogP contribution in [0.25, 0.3) is 0 Å². The second kappa shape index (κ2) is 5.12. The molecule has 0 aliphatic carbocycles. The molecule has 1 aromatic carbocycles.